The molecule has 1 aromatic heterocycles. The molecule has 118 valence electrons. The summed E-state index contributed by atoms with van der Waals surface area (Å²) in [5.41, 5.74) is 2.14. The highest BCUT2D eigenvalue weighted by molar-refractivity contribution is 7.99. The highest BCUT2D eigenvalue weighted by Gasteiger charge is 2.16. The Morgan fingerprint density at radius 1 is 1.30 bits per heavy atom. The molecule has 0 aliphatic carbocycles. The minimum Gasteiger partial charge on any atom is -0.496 e. The third kappa shape index (κ3) is 3.07. The van der Waals surface area contributed by atoms with Gasteiger partial charge in [0.1, 0.15) is 11.6 Å². The number of Topliss-reactive ketones (excluding diaryl/α,β-unsaturated/α-hetero) is 1. The lowest BCUT2D eigenvalue weighted by Gasteiger charge is -2.07. The summed E-state index contributed by atoms with van der Waals surface area (Å²) in [6.07, 6.45) is 0. The summed E-state index contributed by atoms with van der Waals surface area (Å²) in [4.78, 5) is 16.9. The number of rotatable bonds is 5. The minimum absolute atomic E-state index is 0.164. The minimum atomic E-state index is -0.457. The molecule has 0 N–H and O–H groups in total. The number of hydrogen-bond acceptors (Lipinski definition) is 4. The lowest BCUT2D eigenvalue weighted by Crippen LogP contribution is -2.06. The quantitative estimate of drug-likeness (QED) is 0.528. The van der Waals surface area contributed by atoms with Crippen LogP contribution in [0.4, 0.5) is 4.39 Å². The van der Waals surface area contributed by atoms with E-state index in [0.717, 1.165) is 16.2 Å². The van der Waals surface area contributed by atoms with Crippen LogP contribution in [0.25, 0.3) is 11.0 Å². The van der Waals surface area contributed by atoms with Crippen LogP contribution < -0.4 is 4.74 Å². The van der Waals surface area contributed by atoms with Crippen LogP contribution in [0.15, 0.2) is 47.6 Å². The number of hydrogen-bond donors (Lipinski definition) is 0. The van der Waals surface area contributed by atoms with E-state index in [9.17, 15) is 9.18 Å². The highest BCUT2D eigenvalue weighted by Crippen LogP contribution is 2.26. The van der Waals surface area contributed by atoms with Gasteiger partial charge >= 0.3 is 0 Å². The van der Waals surface area contributed by atoms with Crippen molar-refractivity contribution >= 4 is 28.6 Å². The van der Waals surface area contributed by atoms with Crippen LogP contribution in [-0.4, -0.2) is 28.2 Å². The molecule has 23 heavy (non-hydrogen) atoms. The average Bonchev–Trinajstić information content (AvgIpc) is 2.89. The second-order valence-electron chi connectivity index (χ2n) is 5.00. The number of benzene rings is 2. The molecule has 6 heteroatoms. The van der Waals surface area contributed by atoms with E-state index in [2.05, 4.69) is 4.98 Å². The molecule has 0 spiro atoms. The Hall–Kier alpha value is -2.34. The van der Waals surface area contributed by atoms with Crippen molar-refractivity contribution < 1.29 is 13.9 Å². The van der Waals surface area contributed by atoms with E-state index < -0.39 is 5.82 Å². The number of para-hydroxylation sites is 2. The zero-order valence-corrected chi connectivity index (χ0v) is 13.6. The second-order valence-corrected chi connectivity index (χ2v) is 5.94. The smallest absolute Gasteiger partial charge is 0.177 e. The van der Waals surface area contributed by atoms with Crippen molar-refractivity contribution in [3.63, 3.8) is 0 Å². The highest BCUT2D eigenvalue weighted by atomic mass is 32.2. The van der Waals surface area contributed by atoms with Crippen molar-refractivity contribution in [2.24, 2.45) is 7.05 Å². The van der Waals surface area contributed by atoms with Crippen molar-refractivity contribution in [3.05, 3.63) is 53.8 Å². The Kier molecular flexibility index (Phi) is 4.34. The fourth-order valence-corrected chi connectivity index (χ4v) is 3.23. The number of fused-ring (bicyclic) bond motifs is 1. The van der Waals surface area contributed by atoms with Crippen molar-refractivity contribution in [1.29, 1.82) is 0 Å². The number of aryl methyl sites for hydroxylation is 1. The van der Waals surface area contributed by atoms with Gasteiger partial charge in [0, 0.05) is 7.05 Å². The number of halogens is 1. The van der Waals surface area contributed by atoms with Gasteiger partial charge in [-0.25, -0.2) is 9.37 Å². The molecule has 0 aliphatic heterocycles. The van der Waals surface area contributed by atoms with Gasteiger partial charge in [-0.1, -0.05) is 23.9 Å². The number of imidazole rings is 1. The number of carbonyl (C=O) groups excluding carboxylic acids is 1. The van der Waals surface area contributed by atoms with Gasteiger partial charge in [0.25, 0.3) is 0 Å². The number of carbonyl (C=O) groups is 1. The van der Waals surface area contributed by atoms with Crippen LogP contribution in [-0.2, 0) is 7.05 Å². The standard InChI is InChI=1S/C17H15FN2O2S/c1-20-14-6-4-3-5-13(14)19-17(20)23-10-15(21)12-9-11(18)7-8-16(12)22-2/h3-9H,10H2,1-2H3. The van der Waals surface area contributed by atoms with Crippen LogP contribution >= 0.6 is 11.8 Å². The molecular formula is C17H15FN2O2S. The molecular weight excluding hydrogens is 315 g/mol. The molecule has 0 atom stereocenters. The van der Waals surface area contributed by atoms with Gasteiger partial charge in [0.2, 0.25) is 0 Å². The number of nitrogens with zero attached hydrogens (tertiary/aromatic N) is 2. The van der Waals surface area contributed by atoms with Gasteiger partial charge in [-0.05, 0) is 30.3 Å². The molecule has 0 saturated carbocycles. The number of aromatic nitrogens is 2. The zero-order chi connectivity index (χ0) is 16.4. The molecule has 3 rings (SSSR count). The zero-order valence-electron chi connectivity index (χ0n) is 12.7. The Bertz CT molecular complexity index is 876. The molecule has 0 bridgehead atoms. The first kappa shape index (κ1) is 15.6. The Labute approximate surface area is 137 Å². The van der Waals surface area contributed by atoms with Crippen LogP contribution in [0.5, 0.6) is 5.75 Å². The molecule has 2 aromatic carbocycles. The van der Waals surface area contributed by atoms with Gasteiger partial charge in [-0.2, -0.15) is 0 Å². The number of ketones is 1. The van der Waals surface area contributed by atoms with E-state index in [4.69, 9.17) is 4.74 Å². The van der Waals surface area contributed by atoms with Gasteiger partial charge in [-0.3, -0.25) is 4.79 Å². The molecule has 0 unspecified atom stereocenters. The van der Waals surface area contributed by atoms with Crippen molar-refractivity contribution in [3.8, 4) is 5.75 Å². The second kappa shape index (κ2) is 6.42. The molecule has 0 fully saturated rings. The molecule has 4 nitrogen and oxygen atoms in total. The van der Waals surface area contributed by atoms with Crippen LogP contribution in [0.1, 0.15) is 10.4 Å². The lowest BCUT2D eigenvalue weighted by molar-refractivity contribution is 0.101. The maximum absolute atomic E-state index is 13.4. The summed E-state index contributed by atoms with van der Waals surface area (Å²) in [7, 11) is 3.37. The predicted molar refractivity (Wildman–Crippen MR) is 88.7 cm³/mol. The molecule has 0 amide bonds. The summed E-state index contributed by atoms with van der Waals surface area (Å²) >= 11 is 1.33. The van der Waals surface area contributed by atoms with E-state index in [1.54, 1.807) is 0 Å². The van der Waals surface area contributed by atoms with Crippen LogP contribution in [0, 0.1) is 5.82 Å². The van der Waals surface area contributed by atoms with Gasteiger partial charge in [-0.15, -0.1) is 0 Å². The van der Waals surface area contributed by atoms with Crippen molar-refractivity contribution in [2.45, 2.75) is 5.16 Å². The van der Waals surface area contributed by atoms with Crippen LogP contribution in [0.3, 0.4) is 0 Å². The van der Waals surface area contributed by atoms with Gasteiger partial charge in [0.15, 0.2) is 10.9 Å². The molecule has 0 aliphatic rings. The Balaban J connectivity index is 1.81. The Morgan fingerprint density at radius 2 is 2.09 bits per heavy atom. The van der Waals surface area contributed by atoms with E-state index in [0.29, 0.717) is 5.75 Å². The molecule has 3 aromatic rings. The number of ether oxygens (including phenoxy) is 1. The molecule has 0 radical (unpaired) electrons. The fraction of sp³-hybridized carbons (Fsp3) is 0.176. The first-order chi connectivity index (χ1) is 11.1. The molecule has 0 saturated heterocycles. The van der Waals surface area contributed by atoms with Crippen LogP contribution in [0.2, 0.25) is 0 Å². The topological polar surface area (TPSA) is 44.1 Å². The third-order valence-electron chi connectivity index (χ3n) is 3.54. The first-order valence-corrected chi connectivity index (χ1v) is 7.99. The van der Waals surface area contributed by atoms with Gasteiger partial charge < -0.3 is 9.30 Å². The summed E-state index contributed by atoms with van der Waals surface area (Å²) in [5, 5.41) is 0.745. The first-order valence-electron chi connectivity index (χ1n) is 7.01. The number of methoxy groups -OCH3 is 1. The summed E-state index contributed by atoms with van der Waals surface area (Å²) < 4.78 is 20.4. The molecule has 1 heterocycles. The monoisotopic (exact) mass is 330 g/mol. The number of thioether (sulfide) groups is 1. The summed E-state index contributed by atoms with van der Waals surface area (Å²) in [6, 6.07) is 11.7. The van der Waals surface area contributed by atoms with E-state index >= 15 is 0 Å². The van der Waals surface area contributed by atoms with Gasteiger partial charge in [0.05, 0.1) is 29.5 Å². The van der Waals surface area contributed by atoms with E-state index in [1.165, 1.54) is 37.1 Å². The van der Waals surface area contributed by atoms with Crippen molar-refractivity contribution in [2.75, 3.05) is 12.9 Å². The SMILES string of the molecule is COc1ccc(F)cc1C(=O)CSc1nc2ccccc2n1C. The fourth-order valence-electron chi connectivity index (χ4n) is 2.36. The largest absolute Gasteiger partial charge is 0.496 e. The van der Waals surface area contributed by atoms with Crippen molar-refractivity contribution in [1.82, 2.24) is 9.55 Å². The average molecular weight is 330 g/mol. The summed E-state index contributed by atoms with van der Waals surface area (Å²) in [6.45, 7) is 0. The lowest BCUT2D eigenvalue weighted by atomic mass is 10.1. The normalized spacial score (nSPS) is 10.9. The maximum atomic E-state index is 13.4. The maximum Gasteiger partial charge on any atom is 0.177 e. The Morgan fingerprint density at radius 3 is 2.83 bits per heavy atom. The predicted octanol–water partition coefficient (Wildman–Crippen LogP) is 3.70. The summed E-state index contributed by atoms with van der Waals surface area (Å²) in [5.74, 6) is -0.112. The third-order valence-corrected chi connectivity index (χ3v) is 4.57. The van der Waals surface area contributed by atoms with E-state index in [-0.39, 0.29) is 17.1 Å². The van der Waals surface area contributed by atoms with E-state index in [1.807, 2.05) is 35.9 Å².